The number of rotatable bonds is 5. The van der Waals surface area contributed by atoms with Crippen LogP contribution in [0.2, 0.25) is 0 Å². The molecule has 1 N–H and O–H groups in total. The van der Waals surface area contributed by atoms with Gasteiger partial charge in [0, 0.05) is 42.4 Å². The summed E-state index contributed by atoms with van der Waals surface area (Å²) in [6.45, 7) is 2.21. The van der Waals surface area contributed by atoms with E-state index in [0.717, 1.165) is 46.2 Å². The van der Waals surface area contributed by atoms with Crippen LogP contribution in [0.5, 0.6) is 0 Å². The van der Waals surface area contributed by atoms with E-state index in [2.05, 4.69) is 36.3 Å². The topological polar surface area (TPSA) is 63.1 Å². The molecule has 1 saturated heterocycles. The molecule has 1 aliphatic rings. The number of carbonyl (C=O) groups is 1. The molecule has 0 radical (unpaired) electrons. The molecule has 4 rings (SSSR count). The fourth-order valence-corrected chi connectivity index (χ4v) is 4.49. The summed E-state index contributed by atoms with van der Waals surface area (Å²) >= 11 is 5.10. The van der Waals surface area contributed by atoms with Gasteiger partial charge in [-0.3, -0.25) is 9.36 Å². The van der Waals surface area contributed by atoms with Gasteiger partial charge in [0.15, 0.2) is 0 Å². The van der Waals surface area contributed by atoms with Crippen LogP contribution in [0.15, 0.2) is 53.3 Å². The number of benzene rings is 1. The molecule has 0 atom stereocenters. The SMILES string of the molecule is O=C(NCc1ccccc1Br)C1CCN(c2nnc(-n3cccc3)s2)CC1. The van der Waals surface area contributed by atoms with Gasteiger partial charge in [0.25, 0.3) is 0 Å². The Morgan fingerprint density at radius 2 is 1.81 bits per heavy atom. The zero-order valence-corrected chi connectivity index (χ0v) is 17.1. The molecule has 8 heteroatoms. The summed E-state index contributed by atoms with van der Waals surface area (Å²) in [7, 11) is 0. The van der Waals surface area contributed by atoms with E-state index in [9.17, 15) is 4.79 Å². The van der Waals surface area contributed by atoms with Crippen molar-refractivity contribution in [2.75, 3.05) is 18.0 Å². The van der Waals surface area contributed by atoms with Gasteiger partial charge in [-0.2, -0.15) is 0 Å². The molecule has 1 aliphatic heterocycles. The Kier molecular flexibility index (Phi) is 5.54. The first kappa shape index (κ1) is 18.2. The maximum Gasteiger partial charge on any atom is 0.223 e. The summed E-state index contributed by atoms with van der Waals surface area (Å²) < 4.78 is 2.98. The van der Waals surface area contributed by atoms with Gasteiger partial charge in [0.1, 0.15) is 0 Å². The molecule has 1 aromatic carbocycles. The summed E-state index contributed by atoms with van der Waals surface area (Å²) in [6, 6.07) is 11.9. The number of carbonyl (C=O) groups excluding carboxylic acids is 1. The van der Waals surface area contributed by atoms with E-state index in [1.165, 1.54) is 0 Å². The van der Waals surface area contributed by atoms with Gasteiger partial charge in [-0.15, -0.1) is 10.2 Å². The van der Waals surface area contributed by atoms with E-state index >= 15 is 0 Å². The van der Waals surface area contributed by atoms with Crippen molar-refractivity contribution in [3.05, 3.63) is 58.8 Å². The van der Waals surface area contributed by atoms with Crippen LogP contribution < -0.4 is 10.2 Å². The van der Waals surface area contributed by atoms with E-state index in [1.807, 2.05) is 53.4 Å². The lowest BCUT2D eigenvalue weighted by molar-refractivity contribution is -0.125. The largest absolute Gasteiger partial charge is 0.352 e. The smallest absolute Gasteiger partial charge is 0.223 e. The average molecular weight is 446 g/mol. The van der Waals surface area contributed by atoms with Crippen molar-refractivity contribution < 1.29 is 4.79 Å². The second-order valence-electron chi connectivity index (χ2n) is 6.53. The number of nitrogens with one attached hydrogen (secondary N) is 1. The highest BCUT2D eigenvalue weighted by Crippen LogP contribution is 2.28. The molecule has 1 fully saturated rings. The van der Waals surface area contributed by atoms with Crippen LogP contribution in [-0.2, 0) is 11.3 Å². The monoisotopic (exact) mass is 445 g/mol. The zero-order valence-electron chi connectivity index (χ0n) is 14.7. The number of piperidine rings is 1. The van der Waals surface area contributed by atoms with E-state index in [0.29, 0.717) is 6.54 Å². The van der Waals surface area contributed by atoms with E-state index in [1.54, 1.807) is 11.3 Å². The number of hydrogen-bond acceptors (Lipinski definition) is 5. The molecule has 0 bridgehead atoms. The molecule has 3 heterocycles. The molecule has 140 valence electrons. The second-order valence-corrected chi connectivity index (χ2v) is 8.32. The normalized spacial score (nSPS) is 15.1. The first-order valence-electron chi connectivity index (χ1n) is 8.93. The quantitative estimate of drug-likeness (QED) is 0.651. The molecule has 0 saturated carbocycles. The minimum atomic E-state index is 0.0561. The van der Waals surface area contributed by atoms with Gasteiger partial charge < -0.3 is 10.2 Å². The highest BCUT2D eigenvalue weighted by molar-refractivity contribution is 9.10. The maximum atomic E-state index is 12.5. The molecule has 0 unspecified atom stereocenters. The maximum absolute atomic E-state index is 12.5. The van der Waals surface area contributed by atoms with Gasteiger partial charge in [-0.05, 0) is 36.6 Å². The number of aromatic nitrogens is 3. The Hall–Kier alpha value is -2.19. The van der Waals surface area contributed by atoms with Crippen molar-refractivity contribution in [1.82, 2.24) is 20.1 Å². The van der Waals surface area contributed by atoms with Crippen LogP contribution in [-0.4, -0.2) is 33.8 Å². The summed E-state index contributed by atoms with van der Waals surface area (Å²) in [5.41, 5.74) is 1.09. The fraction of sp³-hybridized carbons (Fsp3) is 0.316. The number of halogens is 1. The van der Waals surface area contributed by atoms with E-state index in [-0.39, 0.29) is 11.8 Å². The third-order valence-electron chi connectivity index (χ3n) is 4.78. The molecular weight excluding hydrogens is 426 g/mol. The van der Waals surface area contributed by atoms with Crippen molar-refractivity contribution in [3.63, 3.8) is 0 Å². The molecule has 2 aromatic heterocycles. The zero-order chi connectivity index (χ0) is 18.6. The van der Waals surface area contributed by atoms with E-state index in [4.69, 9.17) is 0 Å². The number of hydrogen-bond donors (Lipinski definition) is 1. The van der Waals surface area contributed by atoms with Gasteiger partial charge in [-0.1, -0.05) is 45.5 Å². The Labute approximate surface area is 170 Å². The Morgan fingerprint density at radius 1 is 1.11 bits per heavy atom. The van der Waals surface area contributed by atoms with Crippen molar-refractivity contribution in [2.24, 2.45) is 5.92 Å². The summed E-state index contributed by atoms with van der Waals surface area (Å²) in [5, 5.41) is 13.4. The second kappa shape index (κ2) is 8.22. The molecule has 1 amide bonds. The third kappa shape index (κ3) is 4.22. The fourth-order valence-electron chi connectivity index (χ4n) is 3.20. The molecule has 0 spiro atoms. The summed E-state index contributed by atoms with van der Waals surface area (Å²) in [4.78, 5) is 14.7. The highest BCUT2D eigenvalue weighted by atomic mass is 79.9. The van der Waals surface area contributed by atoms with Crippen LogP contribution in [0.25, 0.3) is 5.13 Å². The Bertz CT molecular complexity index is 902. The molecular formula is C19H20BrN5OS. The highest BCUT2D eigenvalue weighted by Gasteiger charge is 2.26. The van der Waals surface area contributed by atoms with Crippen LogP contribution >= 0.6 is 27.3 Å². The summed E-state index contributed by atoms with van der Waals surface area (Å²) in [5.74, 6) is 0.191. The van der Waals surface area contributed by atoms with Gasteiger partial charge in [0.05, 0.1) is 0 Å². The standard InChI is InChI=1S/C19H20BrN5OS/c20-16-6-2-1-5-15(16)13-21-17(26)14-7-11-25(12-8-14)19-23-22-18(27-19)24-9-3-4-10-24/h1-6,9-10,14H,7-8,11-13H2,(H,21,26). The minimum Gasteiger partial charge on any atom is -0.352 e. The van der Waals surface area contributed by atoms with Crippen molar-refractivity contribution in [1.29, 1.82) is 0 Å². The predicted octanol–water partition coefficient (Wildman–Crippen LogP) is 3.62. The molecule has 0 aliphatic carbocycles. The number of amides is 1. The van der Waals surface area contributed by atoms with Crippen LogP contribution in [0.4, 0.5) is 5.13 Å². The number of anilines is 1. The predicted molar refractivity (Wildman–Crippen MR) is 110 cm³/mol. The lowest BCUT2D eigenvalue weighted by Gasteiger charge is -2.30. The Balaban J connectivity index is 1.30. The van der Waals surface area contributed by atoms with E-state index < -0.39 is 0 Å². The molecule has 6 nitrogen and oxygen atoms in total. The summed E-state index contributed by atoms with van der Waals surface area (Å²) in [6.07, 6.45) is 5.60. The average Bonchev–Trinajstić information content (AvgIpc) is 3.39. The lowest BCUT2D eigenvalue weighted by atomic mass is 9.96. The third-order valence-corrected chi connectivity index (χ3v) is 6.55. The molecule has 27 heavy (non-hydrogen) atoms. The van der Waals surface area contributed by atoms with Crippen molar-refractivity contribution >= 4 is 38.3 Å². The van der Waals surface area contributed by atoms with Crippen molar-refractivity contribution in [3.8, 4) is 5.13 Å². The van der Waals surface area contributed by atoms with Crippen LogP contribution in [0.1, 0.15) is 18.4 Å². The first-order valence-corrected chi connectivity index (χ1v) is 10.5. The number of nitrogens with zero attached hydrogens (tertiary/aromatic N) is 4. The molecule has 3 aromatic rings. The first-order chi connectivity index (χ1) is 13.2. The van der Waals surface area contributed by atoms with Crippen LogP contribution in [0.3, 0.4) is 0 Å². The van der Waals surface area contributed by atoms with Crippen molar-refractivity contribution in [2.45, 2.75) is 19.4 Å². The van der Waals surface area contributed by atoms with Gasteiger partial charge in [-0.25, -0.2) is 0 Å². The Morgan fingerprint density at radius 3 is 2.56 bits per heavy atom. The minimum absolute atomic E-state index is 0.0561. The van der Waals surface area contributed by atoms with Gasteiger partial charge in [0.2, 0.25) is 16.2 Å². The van der Waals surface area contributed by atoms with Gasteiger partial charge >= 0.3 is 0 Å². The van der Waals surface area contributed by atoms with Crippen LogP contribution in [0, 0.1) is 5.92 Å². The lowest BCUT2D eigenvalue weighted by Crippen LogP contribution is -2.40.